The maximum Gasteiger partial charge on any atom is 0.123 e. The molecule has 0 aromatic heterocycles. The van der Waals surface area contributed by atoms with Gasteiger partial charge in [0.2, 0.25) is 0 Å². The monoisotopic (exact) mass is 447 g/mol. The zero-order valence-electron chi connectivity index (χ0n) is 18.3. The molecule has 1 heterocycles. The molecule has 1 N–H and O–H groups in total. The normalized spacial score (nSPS) is 15.0. The van der Waals surface area contributed by atoms with Gasteiger partial charge in [0.05, 0.1) is 14.2 Å². The number of nitrogens with zero attached hydrogens (tertiary/aromatic N) is 2. The Balaban J connectivity index is 0.00000341. The fourth-order valence-corrected chi connectivity index (χ4v) is 3.66. The van der Waals surface area contributed by atoms with Gasteiger partial charge in [-0.15, -0.1) is 6.58 Å². The Labute approximate surface area is 191 Å². The van der Waals surface area contributed by atoms with E-state index < -0.39 is 6.10 Å². The molecule has 2 aromatic rings. The molecule has 6 nitrogen and oxygen atoms in total. The van der Waals surface area contributed by atoms with Crippen LogP contribution in [0.2, 0.25) is 0 Å². The molecule has 1 unspecified atom stereocenters. The summed E-state index contributed by atoms with van der Waals surface area (Å²) in [5.74, 6) is 2.42. The van der Waals surface area contributed by atoms with Gasteiger partial charge in [-0.2, -0.15) is 0 Å². The van der Waals surface area contributed by atoms with Crippen LogP contribution in [0.3, 0.4) is 0 Å². The summed E-state index contributed by atoms with van der Waals surface area (Å²) in [6, 6.07) is 13.9. The number of ether oxygens (including phenoxy) is 3. The van der Waals surface area contributed by atoms with Crippen molar-refractivity contribution in [1.29, 1.82) is 0 Å². The average molecular weight is 448 g/mol. The van der Waals surface area contributed by atoms with Gasteiger partial charge >= 0.3 is 0 Å². The highest BCUT2D eigenvalue weighted by Gasteiger charge is 2.20. The first-order chi connectivity index (χ1) is 14.6. The number of allylic oxidation sites excluding steroid dienone is 1. The summed E-state index contributed by atoms with van der Waals surface area (Å²) in [6.07, 6.45) is 1.98. The van der Waals surface area contributed by atoms with Crippen molar-refractivity contribution < 1.29 is 31.7 Å². The molecule has 0 spiro atoms. The Hall–Kier alpha value is -2.41. The lowest BCUT2D eigenvalue weighted by molar-refractivity contribution is -0.00000904. The number of β-amino-alcohol motifs (C(OH)–C–C–N with tert-alkyl or cyclic N) is 1. The number of anilines is 1. The number of benzene rings is 2. The number of aliphatic hydroxyl groups is 1. The van der Waals surface area contributed by atoms with E-state index >= 15 is 0 Å². The van der Waals surface area contributed by atoms with E-state index in [1.807, 2.05) is 36.4 Å². The second kappa shape index (κ2) is 12.4. The van der Waals surface area contributed by atoms with Crippen LogP contribution in [-0.4, -0.2) is 69.7 Å². The molecular formula is C24H32ClN2O4-. The number of methoxy groups -OCH3 is 2. The molecular weight excluding hydrogens is 416 g/mol. The lowest BCUT2D eigenvalue weighted by Gasteiger charge is -2.36. The zero-order chi connectivity index (χ0) is 21.3. The van der Waals surface area contributed by atoms with E-state index in [9.17, 15) is 5.11 Å². The summed E-state index contributed by atoms with van der Waals surface area (Å²) in [7, 11) is 3.32. The van der Waals surface area contributed by atoms with Gasteiger partial charge < -0.3 is 36.6 Å². The summed E-state index contributed by atoms with van der Waals surface area (Å²) in [5.41, 5.74) is 2.21. The number of hydrogen-bond donors (Lipinski definition) is 1. The molecule has 31 heavy (non-hydrogen) atoms. The van der Waals surface area contributed by atoms with Crippen LogP contribution in [0.25, 0.3) is 0 Å². The molecule has 3 rings (SSSR count). The summed E-state index contributed by atoms with van der Waals surface area (Å²) in [5, 5.41) is 10.5. The second-order valence-electron chi connectivity index (χ2n) is 7.42. The number of halogens is 1. The predicted molar refractivity (Wildman–Crippen MR) is 120 cm³/mol. The number of piperazine rings is 1. The first-order valence-electron chi connectivity index (χ1n) is 10.3. The van der Waals surface area contributed by atoms with Crippen molar-refractivity contribution in [2.24, 2.45) is 0 Å². The van der Waals surface area contributed by atoms with E-state index in [0.29, 0.717) is 13.0 Å². The summed E-state index contributed by atoms with van der Waals surface area (Å²) in [4.78, 5) is 4.64. The van der Waals surface area contributed by atoms with Crippen LogP contribution >= 0.6 is 0 Å². The first-order valence-corrected chi connectivity index (χ1v) is 10.3. The van der Waals surface area contributed by atoms with Crippen molar-refractivity contribution in [2.75, 3.05) is 58.5 Å². The maximum absolute atomic E-state index is 10.5. The van der Waals surface area contributed by atoms with Gasteiger partial charge in [-0.25, -0.2) is 0 Å². The summed E-state index contributed by atoms with van der Waals surface area (Å²) in [6.45, 7) is 8.34. The first kappa shape index (κ1) is 24.9. The molecule has 1 saturated heterocycles. The Kier molecular flexibility index (Phi) is 9.98. The van der Waals surface area contributed by atoms with E-state index in [1.165, 1.54) is 5.69 Å². The lowest BCUT2D eigenvalue weighted by atomic mass is 10.1. The zero-order valence-corrected chi connectivity index (χ0v) is 19.1. The lowest BCUT2D eigenvalue weighted by Crippen LogP contribution is -3.00. The number of hydrogen-bond acceptors (Lipinski definition) is 6. The second-order valence-corrected chi connectivity index (χ2v) is 7.42. The van der Waals surface area contributed by atoms with Crippen LogP contribution < -0.4 is 31.5 Å². The van der Waals surface area contributed by atoms with E-state index in [1.54, 1.807) is 14.2 Å². The average Bonchev–Trinajstić information content (AvgIpc) is 2.79. The molecule has 0 saturated carbocycles. The smallest absolute Gasteiger partial charge is 0.123 e. The highest BCUT2D eigenvalue weighted by molar-refractivity contribution is 5.49. The van der Waals surface area contributed by atoms with Crippen LogP contribution in [0.5, 0.6) is 17.2 Å². The van der Waals surface area contributed by atoms with Crippen molar-refractivity contribution in [3.8, 4) is 17.2 Å². The van der Waals surface area contributed by atoms with Crippen LogP contribution in [-0.2, 0) is 6.42 Å². The molecule has 1 fully saturated rings. The minimum atomic E-state index is -0.545. The molecule has 2 aromatic carbocycles. The van der Waals surface area contributed by atoms with E-state index in [2.05, 4.69) is 28.5 Å². The van der Waals surface area contributed by atoms with Crippen molar-refractivity contribution in [3.63, 3.8) is 0 Å². The van der Waals surface area contributed by atoms with Gasteiger partial charge in [-0.1, -0.05) is 6.08 Å². The van der Waals surface area contributed by atoms with Crippen LogP contribution in [0.15, 0.2) is 55.1 Å². The number of aliphatic hydroxyl groups excluding tert-OH is 1. The largest absolute Gasteiger partial charge is 1.00 e. The topological polar surface area (TPSA) is 54.4 Å². The predicted octanol–water partition coefficient (Wildman–Crippen LogP) is -0.00180. The molecule has 0 radical (unpaired) electrons. The van der Waals surface area contributed by atoms with Crippen molar-refractivity contribution in [1.82, 2.24) is 4.90 Å². The summed E-state index contributed by atoms with van der Waals surface area (Å²) < 4.78 is 16.4. The van der Waals surface area contributed by atoms with Gasteiger partial charge in [0, 0.05) is 44.0 Å². The highest BCUT2D eigenvalue weighted by Crippen LogP contribution is 2.25. The van der Waals surface area contributed by atoms with E-state index in [0.717, 1.165) is 49.0 Å². The molecule has 170 valence electrons. The quantitative estimate of drug-likeness (QED) is 0.517. The molecule has 0 aliphatic carbocycles. The van der Waals surface area contributed by atoms with Crippen LogP contribution in [0.4, 0.5) is 5.69 Å². The third-order valence-corrected chi connectivity index (χ3v) is 5.34. The van der Waals surface area contributed by atoms with Crippen molar-refractivity contribution in [2.45, 2.75) is 12.5 Å². The molecule has 1 aliphatic heterocycles. The highest BCUT2D eigenvalue weighted by atomic mass is 35.5. The third-order valence-electron chi connectivity index (χ3n) is 5.34. The fraction of sp³-hybridized carbons (Fsp3) is 0.417. The Morgan fingerprint density at radius 3 is 2.26 bits per heavy atom. The van der Waals surface area contributed by atoms with Crippen LogP contribution in [0, 0.1) is 0 Å². The summed E-state index contributed by atoms with van der Waals surface area (Å²) >= 11 is 0. The Bertz CT molecular complexity index is 808. The third kappa shape index (κ3) is 7.06. The molecule has 0 amide bonds. The van der Waals surface area contributed by atoms with Crippen molar-refractivity contribution in [3.05, 3.63) is 60.7 Å². The van der Waals surface area contributed by atoms with E-state index in [4.69, 9.17) is 14.2 Å². The molecule has 7 heteroatoms. The molecule has 1 aliphatic rings. The van der Waals surface area contributed by atoms with Gasteiger partial charge in [0.15, 0.2) is 0 Å². The minimum absolute atomic E-state index is 0. The Morgan fingerprint density at radius 1 is 1.00 bits per heavy atom. The standard InChI is InChI=1S/C24H32N2O4.ClH/c1-4-5-19-16-23(29-3)10-11-24(19)30-18-21(27)17-25-12-14-26(15-13-25)20-6-8-22(28-2)9-7-20;/h4,6-11,16,21,27H,1,5,12-15,17-18H2,2-3H3;1H/p-1. The molecule has 0 bridgehead atoms. The van der Waals surface area contributed by atoms with Gasteiger partial charge in [0.25, 0.3) is 0 Å². The van der Waals surface area contributed by atoms with Crippen molar-refractivity contribution >= 4 is 5.69 Å². The van der Waals surface area contributed by atoms with Crippen LogP contribution in [0.1, 0.15) is 5.56 Å². The van der Waals surface area contributed by atoms with Gasteiger partial charge in [-0.3, -0.25) is 4.90 Å². The Morgan fingerprint density at radius 2 is 1.65 bits per heavy atom. The molecule has 1 atom stereocenters. The number of rotatable bonds is 10. The maximum atomic E-state index is 10.5. The fourth-order valence-electron chi connectivity index (χ4n) is 3.66. The SMILES string of the molecule is C=CCc1cc(OC)ccc1OCC(O)CN1CCN(c2ccc(OC)cc2)CC1.[Cl-]. The van der Waals surface area contributed by atoms with Gasteiger partial charge in [-0.05, 0) is 48.9 Å². The van der Waals surface area contributed by atoms with Gasteiger partial charge in [0.1, 0.15) is 30.0 Å². The van der Waals surface area contributed by atoms with E-state index in [-0.39, 0.29) is 19.0 Å². The minimum Gasteiger partial charge on any atom is -1.00 e.